The highest BCUT2D eigenvalue weighted by Gasteiger charge is 1.96. The Kier molecular flexibility index (Phi) is 4.85. The fraction of sp³-hybridized carbons (Fsp3) is 0.0667. The number of thioether (sulfide) groups is 1. The first kappa shape index (κ1) is 13.2. The molecule has 0 aromatic heterocycles. The quantitative estimate of drug-likeness (QED) is 0.723. The first-order valence-corrected chi connectivity index (χ1v) is 6.95. The zero-order valence-corrected chi connectivity index (χ0v) is 11.2. The lowest BCUT2D eigenvalue weighted by molar-refractivity contribution is 0.628. The molecule has 0 aliphatic carbocycles. The lowest BCUT2D eigenvalue weighted by atomic mass is 10.2. The van der Waals surface area contributed by atoms with Crippen molar-refractivity contribution in [1.82, 2.24) is 0 Å². The van der Waals surface area contributed by atoms with Crippen molar-refractivity contribution in [3.63, 3.8) is 0 Å². The third-order valence-electron chi connectivity index (χ3n) is 2.42. The van der Waals surface area contributed by atoms with Gasteiger partial charge in [-0.15, -0.1) is 11.8 Å². The molecule has 92 valence electrons. The van der Waals surface area contributed by atoms with Crippen molar-refractivity contribution in [3.8, 4) is 0 Å². The van der Waals surface area contributed by atoms with Crippen LogP contribution in [-0.2, 0) is 5.75 Å². The molecule has 2 rings (SSSR count). The SMILES string of the molecule is Fc1ccc(C=CSCc2ccccc2Cl)cc1. The van der Waals surface area contributed by atoms with Crippen LogP contribution in [0.2, 0.25) is 5.02 Å². The molecule has 0 spiro atoms. The number of hydrogen-bond acceptors (Lipinski definition) is 1. The molecule has 0 saturated carbocycles. The summed E-state index contributed by atoms with van der Waals surface area (Å²) in [6.07, 6.45) is 1.96. The van der Waals surface area contributed by atoms with E-state index in [9.17, 15) is 4.39 Å². The normalized spacial score (nSPS) is 11.0. The highest BCUT2D eigenvalue weighted by molar-refractivity contribution is 8.01. The second-order valence-electron chi connectivity index (χ2n) is 3.76. The van der Waals surface area contributed by atoms with Crippen LogP contribution in [-0.4, -0.2) is 0 Å². The van der Waals surface area contributed by atoms with Crippen molar-refractivity contribution in [2.24, 2.45) is 0 Å². The molecule has 2 aromatic rings. The Labute approximate surface area is 115 Å². The molecule has 0 heterocycles. The van der Waals surface area contributed by atoms with E-state index in [1.807, 2.05) is 35.7 Å². The van der Waals surface area contributed by atoms with Crippen molar-refractivity contribution in [3.05, 3.63) is 75.9 Å². The minimum atomic E-state index is -0.212. The van der Waals surface area contributed by atoms with E-state index in [0.29, 0.717) is 0 Å². The van der Waals surface area contributed by atoms with Gasteiger partial charge in [0, 0.05) is 10.8 Å². The van der Waals surface area contributed by atoms with Crippen molar-refractivity contribution >= 4 is 29.4 Å². The van der Waals surface area contributed by atoms with Gasteiger partial charge in [-0.2, -0.15) is 0 Å². The molecule has 0 atom stereocenters. The van der Waals surface area contributed by atoms with Crippen LogP contribution in [0, 0.1) is 5.82 Å². The monoisotopic (exact) mass is 278 g/mol. The number of hydrogen-bond donors (Lipinski definition) is 0. The van der Waals surface area contributed by atoms with Gasteiger partial charge >= 0.3 is 0 Å². The van der Waals surface area contributed by atoms with Crippen LogP contribution in [0.15, 0.2) is 53.9 Å². The number of halogens is 2. The lowest BCUT2D eigenvalue weighted by Crippen LogP contribution is -1.79. The van der Waals surface area contributed by atoms with E-state index in [1.165, 1.54) is 12.1 Å². The van der Waals surface area contributed by atoms with Gasteiger partial charge in [-0.25, -0.2) is 4.39 Å². The predicted octanol–water partition coefficient (Wildman–Crippen LogP) is 5.38. The first-order valence-electron chi connectivity index (χ1n) is 5.53. The molecule has 0 nitrogen and oxygen atoms in total. The van der Waals surface area contributed by atoms with Gasteiger partial charge in [-0.3, -0.25) is 0 Å². The van der Waals surface area contributed by atoms with E-state index < -0.39 is 0 Å². The molecule has 3 heteroatoms. The highest BCUT2D eigenvalue weighted by atomic mass is 35.5. The van der Waals surface area contributed by atoms with Gasteiger partial charge in [0.15, 0.2) is 0 Å². The second-order valence-corrected chi connectivity index (χ2v) is 5.06. The fourth-order valence-electron chi connectivity index (χ4n) is 1.45. The number of benzene rings is 2. The Morgan fingerprint density at radius 3 is 2.50 bits per heavy atom. The minimum absolute atomic E-state index is 0.212. The Bertz CT molecular complexity index is 534. The van der Waals surface area contributed by atoms with Crippen LogP contribution in [0.3, 0.4) is 0 Å². The van der Waals surface area contributed by atoms with E-state index in [-0.39, 0.29) is 5.82 Å². The van der Waals surface area contributed by atoms with Gasteiger partial charge < -0.3 is 0 Å². The van der Waals surface area contributed by atoms with Gasteiger partial charge in [0.05, 0.1) is 0 Å². The summed E-state index contributed by atoms with van der Waals surface area (Å²) in [5, 5.41) is 2.79. The molecule has 0 radical (unpaired) electrons. The second kappa shape index (κ2) is 6.62. The maximum absolute atomic E-state index is 12.7. The molecule has 0 saturated heterocycles. The fourth-order valence-corrected chi connectivity index (χ4v) is 2.52. The summed E-state index contributed by atoms with van der Waals surface area (Å²) in [7, 11) is 0. The zero-order valence-electron chi connectivity index (χ0n) is 9.64. The zero-order chi connectivity index (χ0) is 12.8. The summed E-state index contributed by atoms with van der Waals surface area (Å²) in [6.45, 7) is 0. The molecule has 0 unspecified atom stereocenters. The molecule has 0 bridgehead atoms. The topological polar surface area (TPSA) is 0 Å². The van der Waals surface area contributed by atoms with Gasteiger partial charge in [-0.1, -0.05) is 41.9 Å². The van der Waals surface area contributed by atoms with Crippen molar-refractivity contribution < 1.29 is 4.39 Å². The van der Waals surface area contributed by atoms with Crippen LogP contribution in [0.25, 0.3) is 6.08 Å². The van der Waals surface area contributed by atoms with Gasteiger partial charge in [0.2, 0.25) is 0 Å². The molecule has 0 aliphatic rings. The maximum atomic E-state index is 12.7. The predicted molar refractivity (Wildman–Crippen MR) is 78.2 cm³/mol. The summed E-state index contributed by atoms with van der Waals surface area (Å²) in [5.74, 6) is 0.619. The van der Waals surface area contributed by atoms with Crippen LogP contribution < -0.4 is 0 Å². The number of rotatable bonds is 4. The molecular weight excluding hydrogens is 267 g/mol. The van der Waals surface area contributed by atoms with Crippen LogP contribution >= 0.6 is 23.4 Å². The highest BCUT2D eigenvalue weighted by Crippen LogP contribution is 2.21. The molecule has 0 aliphatic heterocycles. The van der Waals surface area contributed by atoms with Gasteiger partial charge in [0.1, 0.15) is 5.82 Å². The molecule has 18 heavy (non-hydrogen) atoms. The van der Waals surface area contributed by atoms with E-state index in [1.54, 1.807) is 23.9 Å². The van der Waals surface area contributed by atoms with E-state index in [0.717, 1.165) is 21.9 Å². The molecule has 0 amide bonds. The van der Waals surface area contributed by atoms with E-state index in [4.69, 9.17) is 11.6 Å². The van der Waals surface area contributed by atoms with Crippen molar-refractivity contribution in [2.75, 3.05) is 0 Å². The van der Waals surface area contributed by atoms with Crippen molar-refractivity contribution in [1.29, 1.82) is 0 Å². The van der Waals surface area contributed by atoms with E-state index in [2.05, 4.69) is 0 Å². The Morgan fingerprint density at radius 1 is 1.06 bits per heavy atom. The summed E-state index contributed by atoms with van der Waals surface area (Å²) in [4.78, 5) is 0. The summed E-state index contributed by atoms with van der Waals surface area (Å²) >= 11 is 7.72. The summed E-state index contributed by atoms with van der Waals surface area (Å²) in [5.41, 5.74) is 2.11. The average molecular weight is 279 g/mol. The largest absolute Gasteiger partial charge is 0.207 e. The minimum Gasteiger partial charge on any atom is -0.207 e. The third-order valence-corrected chi connectivity index (χ3v) is 3.60. The molecule has 0 fully saturated rings. The molecular formula is C15H12ClFS. The van der Waals surface area contributed by atoms with Crippen molar-refractivity contribution in [2.45, 2.75) is 5.75 Å². The smallest absolute Gasteiger partial charge is 0.123 e. The van der Waals surface area contributed by atoms with Gasteiger partial charge in [-0.05, 0) is 40.8 Å². The summed E-state index contributed by atoms with van der Waals surface area (Å²) < 4.78 is 12.7. The average Bonchev–Trinajstić information content (AvgIpc) is 2.39. The Hall–Kier alpha value is -1.25. The lowest BCUT2D eigenvalue weighted by Gasteiger charge is -2.00. The standard InChI is InChI=1S/C15H12ClFS/c16-15-4-2-1-3-13(15)11-18-10-9-12-5-7-14(17)8-6-12/h1-10H,11H2. The third kappa shape index (κ3) is 3.90. The molecule has 2 aromatic carbocycles. The van der Waals surface area contributed by atoms with Gasteiger partial charge in [0.25, 0.3) is 0 Å². The van der Waals surface area contributed by atoms with E-state index >= 15 is 0 Å². The van der Waals surface area contributed by atoms with Crippen LogP contribution in [0.1, 0.15) is 11.1 Å². The van der Waals surface area contributed by atoms with Crippen LogP contribution in [0.4, 0.5) is 4.39 Å². The Balaban J connectivity index is 1.89. The van der Waals surface area contributed by atoms with Crippen LogP contribution in [0.5, 0.6) is 0 Å². The summed E-state index contributed by atoms with van der Waals surface area (Å²) in [6, 6.07) is 14.2. The first-order chi connectivity index (χ1) is 8.75. The molecule has 0 N–H and O–H groups in total. The maximum Gasteiger partial charge on any atom is 0.123 e. The Morgan fingerprint density at radius 2 is 1.78 bits per heavy atom.